The second kappa shape index (κ2) is 8.41. The first-order chi connectivity index (χ1) is 9.04. The highest BCUT2D eigenvalue weighted by Gasteiger charge is 2.07. The van der Waals surface area contributed by atoms with Crippen LogP contribution >= 0.6 is 11.6 Å². The van der Waals surface area contributed by atoms with Gasteiger partial charge < -0.3 is 15.1 Å². The third-order valence-corrected chi connectivity index (χ3v) is 3.40. The molecule has 0 heterocycles. The molecular formula is C15H26ClN3. The lowest BCUT2D eigenvalue weighted by molar-refractivity contribution is 0.401. The first-order valence-electron chi connectivity index (χ1n) is 6.89. The van der Waals surface area contributed by atoms with Gasteiger partial charge in [-0.2, -0.15) is 0 Å². The summed E-state index contributed by atoms with van der Waals surface area (Å²) in [4.78, 5) is 4.43. The third-order valence-electron chi connectivity index (χ3n) is 3.10. The minimum Gasteiger partial charge on any atom is -0.373 e. The lowest BCUT2D eigenvalue weighted by atomic mass is 10.2. The van der Waals surface area contributed by atoms with Crippen LogP contribution in [0.1, 0.15) is 18.9 Å². The van der Waals surface area contributed by atoms with Crippen LogP contribution in [0.25, 0.3) is 0 Å². The van der Waals surface area contributed by atoms with Gasteiger partial charge in [0.05, 0.1) is 10.7 Å². The van der Waals surface area contributed by atoms with Gasteiger partial charge in [-0.25, -0.2) is 0 Å². The molecule has 0 aliphatic rings. The number of halogens is 1. The lowest BCUT2D eigenvalue weighted by Gasteiger charge is -2.22. The first kappa shape index (κ1) is 16.3. The van der Waals surface area contributed by atoms with Crippen LogP contribution in [0.2, 0.25) is 5.02 Å². The van der Waals surface area contributed by atoms with Crippen molar-refractivity contribution in [3.8, 4) is 0 Å². The number of anilines is 1. The summed E-state index contributed by atoms with van der Waals surface area (Å²) in [5, 5.41) is 4.15. The Bertz CT molecular complexity index is 380. The fourth-order valence-electron chi connectivity index (χ4n) is 1.98. The monoisotopic (exact) mass is 283 g/mol. The maximum absolute atomic E-state index is 6.36. The molecule has 0 spiro atoms. The molecule has 3 nitrogen and oxygen atoms in total. The fraction of sp³-hybridized carbons (Fsp3) is 0.600. The fourth-order valence-corrected chi connectivity index (χ4v) is 2.33. The minimum absolute atomic E-state index is 0.836. The van der Waals surface area contributed by atoms with E-state index in [1.165, 1.54) is 5.56 Å². The Balaban J connectivity index is 2.57. The maximum atomic E-state index is 6.36. The van der Waals surface area contributed by atoms with Crippen LogP contribution in [-0.4, -0.2) is 45.7 Å². The smallest absolute Gasteiger partial charge is 0.0642 e. The molecule has 0 fully saturated rings. The Kier molecular flexibility index (Phi) is 7.21. The highest BCUT2D eigenvalue weighted by molar-refractivity contribution is 6.33. The molecular weight excluding hydrogens is 258 g/mol. The summed E-state index contributed by atoms with van der Waals surface area (Å²) in [6, 6.07) is 6.32. The number of rotatable bonds is 8. The molecule has 108 valence electrons. The topological polar surface area (TPSA) is 18.5 Å². The summed E-state index contributed by atoms with van der Waals surface area (Å²) in [6.45, 7) is 6.07. The van der Waals surface area contributed by atoms with Gasteiger partial charge in [0.2, 0.25) is 0 Å². The van der Waals surface area contributed by atoms with E-state index in [0.717, 1.165) is 43.3 Å². The van der Waals surface area contributed by atoms with Crippen molar-refractivity contribution in [1.82, 2.24) is 10.2 Å². The van der Waals surface area contributed by atoms with Gasteiger partial charge in [-0.1, -0.05) is 24.6 Å². The molecule has 1 rings (SSSR count). The summed E-state index contributed by atoms with van der Waals surface area (Å²) in [5.74, 6) is 0. The molecule has 4 heteroatoms. The van der Waals surface area contributed by atoms with Crippen molar-refractivity contribution in [3.63, 3.8) is 0 Å². The molecule has 0 unspecified atom stereocenters. The van der Waals surface area contributed by atoms with Crippen molar-refractivity contribution in [2.45, 2.75) is 19.9 Å². The average molecular weight is 284 g/mol. The molecule has 0 aliphatic carbocycles. The number of hydrogen-bond donors (Lipinski definition) is 1. The van der Waals surface area contributed by atoms with Crippen molar-refractivity contribution in [2.75, 3.05) is 45.7 Å². The van der Waals surface area contributed by atoms with Crippen molar-refractivity contribution in [3.05, 3.63) is 28.8 Å². The molecule has 1 N–H and O–H groups in total. The molecule has 0 saturated heterocycles. The van der Waals surface area contributed by atoms with Crippen molar-refractivity contribution in [1.29, 1.82) is 0 Å². The second-order valence-corrected chi connectivity index (χ2v) is 5.55. The maximum Gasteiger partial charge on any atom is 0.0642 e. The Labute approximate surface area is 122 Å². The molecule has 0 atom stereocenters. The molecule has 1 aromatic carbocycles. The van der Waals surface area contributed by atoms with Crippen LogP contribution in [0.5, 0.6) is 0 Å². The molecule has 0 radical (unpaired) electrons. The Hall–Kier alpha value is -0.770. The molecule has 0 bridgehead atoms. The number of nitrogens with zero attached hydrogens (tertiary/aromatic N) is 2. The van der Waals surface area contributed by atoms with E-state index in [4.69, 9.17) is 11.6 Å². The van der Waals surface area contributed by atoms with E-state index in [0.29, 0.717) is 0 Å². The van der Waals surface area contributed by atoms with Crippen LogP contribution < -0.4 is 10.2 Å². The third kappa shape index (κ3) is 5.81. The highest BCUT2D eigenvalue weighted by atomic mass is 35.5. The van der Waals surface area contributed by atoms with Gasteiger partial charge in [-0.3, -0.25) is 0 Å². The van der Waals surface area contributed by atoms with Crippen molar-refractivity contribution in [2.24, 2.45) is 0 Å². The minimum atomic E-state index is 0.836. The zero-order valence-corrected chi connectivity index (χ0v) is 13.3. The predicted octanol–water partition coefficient (Wildman–Crippen LogP) is 2.84. The normalized spacial score (nSPS) is 11.1. The van der Waals surface area contributed by atoms with Gasteiger partial charge in [0.15, 0.2) is 0 Å². The van der Waals surface area contributed by atoms with Gasteiger partial charge in [0.25, 0.3) is 0 Å². The van der Waals surface area contributed by atoms with Gasteiger partial charge in [0, 0.05) is 20.1 Å². The summed E-state index contributed by atoms with van der Waals surface area (Å²) in [7, 11) is 6.30. The molecule has 0 saturated carbocycles. The van der Waals surface area contributed by atoms with E-state index < -0.39 is 0 Å². The van der Waals surface area contributed by atoms with Gasteiger partial charge in [-0.15, -0.1) is 0 Å². The molecule has 0 amide bonds. The Morgan fingerprint density at radius 2 is 1.89 bits per heavy atom. The number of hydrogen-bond acceptors (Lipinski definition) is 3. The number of benzene rings is 1. The van der Waals surface area contributed by atoms with E-state index in [1.807, 2.05) is 0 Å². The zero-order chi connectivity index (χ0) is 14.3. The predicted molar refractivity (Wildman–Crippen MR) is 85.3 cm³/mol. The molecule has 19 heavy (non-hydrogen) atoms. The Morgan fingerprint density at radius 1 is 1.16 bits per heavy atom. The van der Waals surface area contributed by atoms with E-state index >= 15 is 0 Å². The van der Waals surface area contributed by atoms with Crippen LogP contribution in [0.4, 0.5) is 5.69 Å². The largest absolute Gasteiger partial charge is 0.373 e. The van der Waals surface area contributed by atoms with Crippen molar-refractivity contribution >= 4 is 17.3 Å². The highest BCUT2D eigenvalue weighted by Crippen LogP contribution is 2.26. The van der Waals surface area contributed by atoms with E-state index in [1.54, 1.807) is 0 Å². The van der Waals surface area contributed by atoms with Crippen LogP contribution in [-0.2, 0) is 6.54 Å². The van der Waals surface area contributed by atoms with Gasteiger partial charge in [-0.05, 0) is 51.3 Å². The molecule has 0 aromatic heterocycles. The van der Waals surface area contributed by atoms with Gasteiger partial charge >= 0.3 is 0 Å². The van der Waals surface area contributed by atoms with E-state index in [9.17, 15) is 0 Å². The average Bonchev–Trinajstić information content (AvgIpc) is 2.35. The van der Waals surface area contributed by atoms with Crippen molar-refractivity contribution < 1.29 is 0 Å². The first-order valence-corrected chi connectivity index (χ1v) is 7.27. The standard InChI is InChI=1S/C15H26ClN3/c1-5-17-12-13-7-8-15(14(16)11-13)19(4)10-6-9-18(2)3/h7-8,11,17H,5-6,9-10,12H2,1-4H3. The van der Waals surface area contributed by atoms with Gasteiger partial charge in [0.1, 0.15) is 0 Å². The summed E-state index contributed by atoms with van der Waals surface area (Å²) in [6.07, 6.45) is 1.14. The zero-order valence-electron chi connectivity index (χ0n) is 12.5. The van der Waals surface area contributed by atoms with E-state index in [2.05, 4.69) is 61.4 Å². The van der Waals surface area contributed by atoms with E-state index in [-0.39, 0.29) is 0 Å². The summed E-state index contributed by atoms with van der Waals surface area (Å²) < 4.78 is 0. The Morgan fingerprint density at radius 3 is 2.47 bits per heavy atom. The van der Waals surface area contributed by atoms with Crippen LogP contribution in [0.3, 0.4) is 0 Å². The SMILES string of the molecule is CCNCc1ccc(N(C)CCCN(C)C)c(Cl)c1. The molecule has 0 aliphatic heterocycles. The number of nitrogens with one attached hydrogen (secondary N) is 1. The summed E-state index contributed by atoms with van der Waals surface area (Å²) >= 11 is 6.36. The lowest BCUT2D eigenvalue weighted by Crippen LogP contribution is -2.23. The second-order valence-electron chi connectivity index (χ2n) is 5.14. The van der Waals surface area contributed by atoms with Crippen LogP contribution in [0, 0.1) is 0 Å². The molecule has 1 aromatic rings. The summed E-state index contributed by atoms with van der Waals surface area (Å²) in [5.41, 5.74) is 2.35. The van der Waals surface area contributed by atoms with Crippen LogP contribution in [0.15, 0.2) is 18.2 Å². The quantitative estimate of drug-likeness (QED) is 0.791.